The van der Waals surface area contributed by atoms with E-state index >= 15 is 0 Å². The van der Waals surface area contributed by atoms with Gasteiger partial charge in [0.25, 0.3) is 0 Å². The van der Waals surface area contributed by atoms with Crippen LogP contribution in [0.4, 0.5) is 0 Å². The van der Waals surface area contributed by atoms with Crippen molar-refractivity contribution >= 4 is 16.3 Å². The summed E-state index contributed by atoms with van der Waals surface area (Å²) >= 11 is 1.96. The average Bonchev–Trinajstić information content (AvgIpc) is 3.11. The SMILES string of the molecule is C1Cc2sc3nc4c(n3c2C1)CC1(CCCC1)CC4. The number of rotatable bonds is 0. The number of aromatic nitrogens is 2. The molecule has 3 aliphatic carbocycles. The first-order valence-corrected chi connectivity index (χ1v) is 8.67. The first-order chi connectivity index (χ1) is 9.35. The normalized spacial score (nSPS) is 24.2. The summed E-state index contributed by atoms with van der Waals surface area (Å²) in [6.45, 7) is 0. The Kier molecular flexibility index (Phi) is 2.08. The number of nitrogens with zero attached hydrogens (tertiary/aromatic N) is 2. The van der Waals surface area contributed by atoms with E-state index < -0.39 is 0 Å². The van der Waals surface area contributed by atoms with Crippen molar-refractivity contribution < 1.29 is 0 Å². The van der Waals surface area contributed by atoms with Crippen molar-refractivity contribution in [2.24, 2.45) is 5.41 Å². The van der Waals surface area contributed by atoms with Crippen molar-refractivity contribution in [2.75, 3.05) is 0 Å². The van der Waals surface area contributed by atoms with Crippen molar-refractivity contribution in [3.05, 3.63) is 22.0 Å². The van der Waals surface area contributed by atoms with Gasteiger partial charge in [0.15, 0.2) is 4.96 Å². The van der Waals surface area contributed by atoms with E-state index in [1.165, 1.54) is 74.9 Å². The lowest BCUT2D eigenvalue weighted by Crippen LogP contribution is -2.26. The van der Waals surface area contributed by atoms with E-state index in [1.54, 1.807) is 16.3 Å². The van der Waals surface area contributed by atoms with Gasteiger partial charge in [-0.05, 0) is 56.8 Å². The molecule has 1 saturated carbocycles. The summed E-state index contributed by atoms with van der Waals surface area (Å²) in [5, 5.41) is 0. The van der Waals surface area contributed by atoms with E-state index in [4.69, 9.17) is 4.98 Å². The van der Waals surface area contributed by atoms with Crippen molar-refractivity contribution in [3.8, 4) is 0 Å². The maximum absolute atomic E-state index is 4.95. The van der Waals surface area contributed by atoms with Crippen LogP contribution in [0.5, 0.6) is 0 Å². The molecule has 19 heavy (non-hydrogen) atoms. The Morgan fingerprint density at radius 1 is 0.947 bits per heavy atom. The molecule has 0 radical (unpaired) electrons. The number of aryl methyl sites for hydroxylation is 3. The molecule has 0 unspecified atom stereocenters. The molecule has 2 nitrogen and oxygen atoms in total. The second kappa shape index (κ2) is 3.63. The number of thiazole rings is 1. The molecule has 1 spiro atoms. The molecule has 2 aromatic rings. The predicted molar refractivity (Wildman–Crippen MR) is 78.0 cm³/mol. The van der Waals surface area contributed by atoms with Gasteiger partial charge in [0.1, 0.15) is 0 Å². The van der Waals surface area contributed by atoms with Crippen LogP contribution in [-0.2, 0) is 25.7 Å². The second-order valence-corrected chi connectivity index (χ2v) is 7.89. The van der Waals surface area contributed by atoms with E-state index in [0.717, 1.165) is 0 Å². The van der Waals surface area contributed by atoms with Gasteiger partial charge in [-0.3, -0.25) is 4.40 Å². The Morgan fingerprint density at radius 3 is 2.74 bits per heavy atom. The molecular weight excluding hydrogens is 252 g/mol. The van der Waals surface area contributed by atoms with Gasteiger partial charge in [-0.2, -0.15) is 0 Å². The molecule has 0 bridgehead atoms. The van der Waals surface area contributed by atoms with E-state index in [9.17, 15) is 0 Å². The highest BCUT2D eigenvalue weighted by Crippen LogP contribution is 2.48. The van der Waals surface area contributed by atoms with Gasteiger partial charge in [0, 0.05) is 16.3 Å². The van der Waals surface area contributed by atoms with Crippen LogP contribution in [-0.4, -0.2) is 9.38 Å². The molecule has 0 saturated heterocycles. The molecule has 0 aliphatic heterocycles. The molecule has 0 atom stereocenters. The number of imidazole rings is 1. The van der Waals surface area contributed by atoms with Crippen LogP contribution in [0.15, 0.2) is 0 Å². The van der Waals surface area contributed by atoms with E-state index in [0.29, 0.717) is 5.41 Å². The summed E-state index contributed by atoms with van der Waals surface area (Å²) in [5.74, 6) is 0. The first-order valence-electron chi connectivity index (χ1n) is 7.85. The zero-order chi connectivity index (χ0) is 12.4. The summed E-state index contributed by atoms with van der Waals surface area (Å²) in [5.41, 5.74) is 5.29. The molecule has 0 amide bonds. The minimum atomic E-state index is 0.649. The zero-order valence-corrected chi connectivity index (χ0v) is 12.2. The van der Waals surface area contributed by atoms with Gasteiger partial charge >= 0.3 is 0 Å². The van der Waals surface area contributed by atoms with Crippen molar-refractivity contribution in [1.82, 2.24) is 9.38 Å². The van der Waals surface area contributed by atoms with Crippen LogP contribution < -0.4 is 0 Å². The van der Waals surface area contributed by atoms with Crippen molar-refractivity contribution in [1.29, 1.82) is 0 Å². The van der Waals surface area contributed by atoms with Gasteiger partial charge in [0.2, 0.25) is 0 Å². The predicted octanol–water partition coefficient (Wildman–Crippen LogP) is 3.93. The Hall–Kier alpha value is -0.830. The van der Waals surface area contributed by atoms with Crippen LogP contribution in [0.25, 0.3) is 4.96 Å². The largest absolute Gasteiger partial charge is 0.291 e. The third kappa shape index (κ3) is 1.40. The molecule has 2 aromatic heterocycles. The van der Waals surface area contributed by atoms with Crippen molar-refractivity contribution in [2.45, 2.75) is 64.2 Å². The van der Waals surface area contributed by atoms with Crippen LogP contribution in [0.2, 0.25) is 0 Å². The molecule has 100 valence electrons. The highest BCUT2D eigenvalue weighted by Gasteiger charge is 2.39. The molecule has 0 N–H and O–H groups in total. The second-order valence-electron chi connectivity index (χ2n) is 6.83. The summed E-state index contributed by atoms with van der Waals surface area (Å²) in [6, 6.07) is 0. The van der Waals surface area contributed by atoms with Gasteiger partial charge in [0.05, 0.1) is 5.69 Å². The highest BCUT2D eigenvalue weighted by molar-refractivity contribution is 7.17. The zero-order valence-electron chi connectivity index (χ0n) is 11.4. The lowest BCUT2D eigenvalue weighted by Gasteiger charge is -2.33. The fourth-order valence-electron chi connectivity index (χ4n) is 4.74. The lowest BCUT2D eigenvalue weighted by atomic mass is 9.73. The van der Waals surface area contributed by atoms with Gasteiger partial charge < -0.3 is 0 Å². The van der Waals surface area contributed by atoms with Crippen LogP contribution in [0.1, 0.15) is 60.5 Å². The fraction of sp³-hybridized carbons (Fsp3) is 0.688. The monoisotopic (exact) mass is 272 g/mol. The summed E-state index contributed by atoms with van der Waals surface area (Å²) in [4.78, 5) is 7.87. The molecule has 5 rings (SSSR count). The summed E-state index contributed by atoms with van der Waals surface area (Å²) in [6.07, 6.45) is 13.7. The molecule has 3 heteroatoms. The molecule has 1 fully saturated rings. The number of hydrogen-bond acceptors (Lipinski definition) is 2. The fourth-order valence-corrected chi connectivity index (χ4v) is 5.98. The minimum Gasteiger partial charge on any atom is -0.291 e. The first kappa shape index (κ1) is 10.9. The maximum Gasteiger partial charge on any atom is 0.194 e. The van der Waals surface area contributed by atoms with E-state index in [-0.39, 0.29) is 0 Å². The quantitative estimate of drug-likeness (QED) is 0.710. The molecule has 0 aromatic carbocycles. The Bertz CT molecular complexity index is 658. The molecule has 2 heterocycles. The average molecular weight is 272 g/mol. The number of hydrogen-bond donors (Lipinski definition) is 0. The van der Waals surface area contributed by atoms with E-state index in [1.807, 2.05) is 11.3 Å². The van der Waals surface area contributed by atoms with Crippen molar-refractivity contribution in [3.63, 3.8) is 0 Å². The highest BCUT2D eigenvalue weighted by atomic mass is 32.1. The molecule has 3 aliphatic rings. The Balaban J connectivity index is 1.69. The van der Waals surface area contributed by atoms with Crippen LogP contribution in [0, 0.1) is 5.41 Å². The van der Waals surface area contributed by atoms with Gasteiger partial charge in [-0.15, -0.1) is 11.3 Å². The third-order valence-electron chi connectivity index (χ3n) is 5.75. The summed E-state index contributed by atoms with van der Waals surface area (Å²) in [7, 11) is 0. The van der Waals surface area contributed by atoms with E-state index in [2.05, 4.69) is 4.40 Å². The smallest absolute Gasteiger partial charge is 0.194 e. The topological polar surface area (TPSA) is 17.3 Å². The standard InChI is InChI=1S/C16H20N2S/c1-2-8-16(7-1)9-6-11-13(10-16)18-12-4-3-5-14(12)19-15(18)17-11/h1-10H2. The van der Waals surface area contributed by atoms with Crippen LogP contribution >= 0.6 is 11.3 Å². The lowest BCUT2D eigenvalue weighted by molar-refractivity contribution is 0.250. The number of fused-ring (bicyclic) bond motifs is 5. The van der Waals surface area contributed by atoms with Gasteiger partial charge in [-0.25, -0.2) is 4.98 Å². The summed E-state index contributed by atoms with van der Waals surface area (Å²) < 4.78 is 2.57. The van der Waals surface area contributed by atoms with Gasteiger partial charge in [-0.1, -0.05) is 12.8 Å². The third-order valence-corrected chi connectivity index (χ3v) is 6.89. The molecular formula is C16H20N2S. The van der Waals surface area contributed by atoms with Crippen LogP contribution in [0.3, 0.4) is 0 Å². The minimum absolute atomic E-state index is 0.649. The Labute approximate surface area is 117 Å². The maximum atomic E-state index is 4.95. The Morgan fingerprint density at radius 2 is 1.84 bits per heavy atom.